The second kappa shape index (κ2) is 5.54. The number of rotatable bonds is 4. The van der Waals surface area contributed by atoms with Gasteiger partial charge in [0.25, 0.3) is 0 Å². The number of nitrogens with two attached hydrogens (primary N) is 1. The van der Waals surface area contributed by atoms with E-state index in [9.17, 15) is 0 Å². The van der Waals surface area contributed by atoms with Crippen molar-refractivity contribution in [2.45, 2.75) is 26.2 Å². The van der Waals surface area contributed by atoms with Crippen molar-refractivity contribution in [3.8, 4) is 22.8 Å². The Morgan fingerprint density at radius 1 is 1.30 bits per heavy atom. The van der Waals surface area contributed by atoms with E-state index in [0.29, 0.717) is 12.5 Å². The zero-order valence-electron chi connectivity index (χ0n) is 13.2. The molecule has 0 radical (unpaired) electrons. The van der Waals surface area contributed by atoms with Crippen LogP contribution in [0.2, 0.25) is 0 Å². The van der Waals surface area contributed by atoms with Crippen molar-refractivity contribution in [3.63, 3.8) is 0 Å². The van der Waals surface area contributed by atoms with Crippen LogP contribution in [0.5, 0.6) is 11.5 Å². The molecule has 3 aromatic rings. The van der Waals surface area contributed by atoms with Gasteiger partial charge in [0, 0.05) is 23.1 Å². The van der Waals surface area contributed by atoms with Gasteiger partial charge in [0.2, 0.25) is 6.79 Å². The zero-order chi connectivity index (χ0) is 16.0. The fourth-order valence-corrected chi connectivity index (χ4v) is 4.05. The molecule has 6 heteroatoms. The summed E-state index contributed by atoms with van der Waals surface area (Å²) in [4.78, 5) is 5.88. The number of fused-ring (bicyclic) bond motifs is 2. The fraction of sp³-hybridized carbons (Fsp3) is 0.353. The fourth-order valence-electron chi connectivity index (χ4n) is 2.98. The number of imidazole rings is 1. The third-order valence-corrected chi connectivity index (χ3v) is 4.95. The summed E-state index contributed by atoms with van der Waals surface area (Å²) in [5.41, 5.74) is 10.4. The number of thiazole rings is 1. The Hall–Kier alpha value is -2.05. The molecule has 0 saturated heterocycles. The van der Waals surface area contributed by atoms with Crippen molar-refractivity contribution in [2.24, 2.45) is 5.73 Å². The van der Waals surface area contributed by atoms with Gasteiger partial charge in [-0.05, 0) is 30.7 Å². The number of aromatic nitrogens is 2. The Bertz CT molecular complexity index is 866. The topological polar surface area (TPSA) is 61.8 Å². The van der Waals surface area contributed by atoms with Crippen LogP contribution in [0.25, 0.3) is 16.2 Å². The van der Waals surface area contributed by atoms with Gasteiger partial charge in [-0.15, -0.1) is 11.3 Å². The van der Waals surface area contributed by atoms with E-state index in [4.69, 9.17) is 20.2 Å². The van der Waals surface area contributed by atoms with Crippen molar-refractivity contribution < 1.29 is 9.47 Å². The normalized spacial score (nSPS) is 13.4. The molecular weight excluding hydrogens is 310 g/mol. The lowest BCUT2D eigenvalue weighted by molar-refractivity contribution is 0.174. The van der Waals surface area contributed by atoms with Gasteiger partial charge < -0.3 is 15.2 Å². The van der Waals surface area contributed by atoms with Crippen molar-refractivity contribution in [3.05, 3.63) is 35.0 Å². The first kappa shape index (κ1) is 14.5. The number of hydrogen-bond acceptors (Lipinski definition) is 5. The van der Waals surface area contributed by atoms with E-state index in [1.54, 1.807) is 11.3 Å². The van der Waals surface area contributed by atoms with Gasteiger partial charge in [-0.25, -0.2) is 4.98 Å². The van der Waals surface area contributed by atoms with E-state index in [1.165, 1.54) is 11.4 Å². The molecule has 0 aliphatic carbocycles. The Labute approximate surface area is 138 Å². The molecule has 0 bridgehead atoms. The highest BCUT2D eigenvalue weighted by Crippen LogP contribution is 2.38. The van der Waals surface area contributed by atoms with E-state index in [1.807, 2.05) is 18.2 Å². The number of benzene rings is 1. The lowest BCUT2D eigenvalue weighted by atomic mass is 10.1. The van der Waals surface area contributed by atoms with Crippen LogP contribution in [-0.2, 0) is 6.42 Å². The SMILES string of the molecule is CC(C)c1csc2nc(-c3ccc4c(c3)OCO4)c(CCN)n12. The summed E-state index contributed by atoms with van der Waals surface area (Å²) < 4.78 is 13.2. The molecule has 0 spiro atoms. The molecule has 0 fully saturated rings. The zero-order valence-corrected chi connectivity index (χ0v) is 14.0. The summed E-state index contributed by atoms with van der Waals surface area (Å²) in [5, 5.41) is 2.19. The summed E-state index contributed by atoms with van der Waals surface area (Å²) in [7, 11) is 0. The maximum absolute atomic E-state index is 5.86. The molecule has 0 saturated carbocycles. The molecule has 4 rings (SSSR count). The highest BCUT2D eigenvalue weighted by atomic mass is 32.1. The molecule has 2 N–H and O–H groups in total. The molecule has 1 aliphatic heterocycles. The molecule has 1 aliphatic rings. The van der Waals surface area contributed by atoms with E-state index >= 15 is 0 Å². The first-order chi connectivity index (χ1) is 11.2. The second-order valence-electron chi connectivity index (χ2n) is 5.95. The van der Waals surface area contributed by atoms with Crippen LogP contribution in [0, 0.1) is 0 Å². The second-order valence-corrected chi connectivity index (χ2v) is 6.78. The van der Waals surface area contributed by atoms with Gasteiger partial charge in [0.15, 0.2) is 16.5 Å². The first-order valence-corrected chi connectivity index (χ1v) is 8.65. The van der Waals surface area contributed by atoms with Crippen LogP contribution in [0.1, 0.15) is 31.2 Å². The van der Waals surface area contributed by atoms with Crippen LogP contribution in [0.15, 0.2) is 23.6 Å². The van der Waals surface area contributed by atoms with Crippen molar-refractivity contribution in [1.29, 1.82) is 0 Å². The lowest BCUT2D eigenvalue weighted by Crippen LogP contribution is -2.08. The Morgan fingerprint density at radius 2 is 2.13 bits per heavy atom. The lowest BCUT2D eigenvalue weighted by Gasteiger charge is -2.08. The molecule has 1 aromatic carbocycles. The smallest absolute Gasteiger partial charge is 0.231 e. The molecule has 120 valence electrons. The Morgan fingerprint density at radius 3 is 2.91 bits per heavy atom. The van der Waals surface area contributed by atoms with Gasteiger partial charge in [-0.2, -0.15) is 0 Å². The monoisotopic (exact) mass is 329 g/mol. The summed E-state index contributed by atoms with van der Waals surface area (Å²) in [5.74, 6) is 2.01. The van der Waals surface area contributed by atoms with Crippen LogP contribution in [0.3, 0.4) is 0 Å². The third kappa shape index (κ3) is 2.29. The van der Waals surface area contributed by atoms with Gasteiger partial charge in [0.05, 0.1) is 11.4 Å². The van der Waals surface area contributed by atoms with Gasteiger partial charge in [0.1, 0.15) is 0 Å². The number of nitrogens with zero attached hydrogens (tertiary/aromatic N) is 2. The molecular formula is C17H19N3O2S. The Kier molecular flexibility index (Phi) is 3.50. The van der Waals surface area contributed by atoms with Crippen molar-refractivity contribution >= 4 is 16.3 Å². The van der Waals surface area contributed by atoms with Crippen LogP contribution >= 0.6 is 11.3 Å². The average Bonchev–Trinajstić information content (AvgIpc) is 3.21. The van der Waals surface area contributed by atoms with Gasteiger partial charge >= 0.3 is 0 Å². The predicted molar refractivity (Wildman–Crippen MR) is 91.5 cm³/mol. The average molecular weight is 329 g/mol. The largest absolute Gasteiger partial charge is 0.454 e. The van der Waals surface area contributed by atoms with E-state index in [2.05, 4.69) is 23.6 Å². The molecule has 0 amide bonds. The summed E-state index contributed by atoms with van der Waals surface area (Å²) in [6, 6.07) is 5.99. The molecule has 0 unspecified atom stereocenters. The minimum Gasteiger partial charge on any atom is -0.454 e. The first-order valence-electron chi connectivity index (χ1n) is 7.78. The van der Waals surface area contributed by atoms with E-state index in [0.717, 1.165) is 34.1 Å². The Balaban J connectivity index is 1.91. The highest BCUT2D eigenvalue weighted by molar-refractivity contribution is 7.15. The summed E-state index contributed by atoms with van der Waals surface area (Å²) in [6.07, 6.45) is 0.793. The quantitative estimate of drug-likeness (QED) is 0.797. The molecule has 23 heavy (non-hydrogen) atoms. The minimum absolute atomic E-state index is 0.282. The maximum Gasteiger partial charge on any atom is 0.231 e. The molecule has 2 aromatic heterocycles. The minimum atomic E-state index is 0.282. The van der Waals surface area contributed by atoms with Crippen molar-refractivity contribution in [1.82, 2.24) is 9.38 Å². The summed E-state index contributed by atoms with van der Waals surface area (Å²) >= 11 is 1.68. The van der Waals surface area contributed by atoms with Crippen LogP contribution in [-0.4, -0.2) is 22.7 Å². The van der Waals surface area contributed by atoms with Gasteiger partial charge in [-0.3, -0.25) is 4.40 Å². The van der Waals surface area contributed by atoms with E-state index < -0.39 is 0 Å². The highest BCUT2D eigenvalue weighted by Gasteiger charge is 2.21. The molecule has 3 heterocycles. The van der Waals surface area contributed by atoms with Gasteiger partial charge in [-0.1, -0.05) is 13.8 Å². The number of ether oxygens (including phenoxy) is 2. The summed E-state index contributed by atoms with van der Waals surface area (Å²) in [6.45, 7) is 5.28. The van der Waals surface area contributed by atoms with Crippen molar-refractivity contribution in [2.75, 3.05) is 13.3 Å². The van der Waals surface area contributed by atoms with Crippen LogP contribution < -0.4 is 15.2 Å². The number of hydrogen-bond donors (Lipinski definition) is 1. The van der Waals surface area contributed by atoms with E-state index in [-0.39, 0.29) is 6.79 Å². The van der Waals surface area contributed by atoms with Crippen LogP contribution in [0.4, 0.5) is 0 Å². The standard InChI is InChI=1S/C17H19N3O2S/c1-10(2)13-8-23-17-19-16(12(5-6-18)20(13)17)11-3-4-14-15(7-11)22-9-21-14/h3-4,7-8,10H,5-6,9,18H2,1-2H3. The molecule has 0 atom stereocenters. The predicted octanol–water partition coefficient (Wildman–Crippen LogP) is 3.42. The maximum atomic E-state index is 5.86. The third-order valence-electron chi connectivity index (χ3n) is 4.10. The molecule has 5 nitrogen and oxygen atoms in total.